The van der Waals surface area contributed by atoms with E-state index in [0.717, 1.165) is 5.69 Å². The van der Waals surface area contributed by atoms with Gasteiger partial charge in [0.1, 0.15) is 17.3 Å². The van der Waals surface area contributed by atoms with Gasteiger partial charge in [-0.3, -0.25) is 14.6 Å². The van der Waals surface area contributed by atoms with E-state index >= 15 is 0 Å². The third-order valence-corrected chi connectivity index (χ3v) is 4.52. The van der Waals surface area contributed by atoms with Crippen LogP contribution in [0.4, 0.5) is 0 Å². The average Bonchev–Trinajstić information content (AvgIpc) is 3.34. The lowest BCUT2D eigenvalue weighted by Gasteiger charge is -2.21. The number of pyridine rings is 1. The summed E-state index contributed by atoms with van der Waals surface area (Å²) in [5.41, 5.74) is 1.43. The van der Waals surface area contributed by atoms with E-state index in [4.69, 9.17) is 8.83 Å². The Labute approximate surface area is 169 Å². The van der Waals surface area contributed by atoms with Crippen LogP contribution in [-0.4, -0.2) is 34.8 Å². The van der Waals surface area contributed by atoms with Gasteiger partial charge in [0, 0.05) is 37.8 Å². The minimum absolute atomic E-state index is 0.113. The second-order valence-electron chi connectivity index (χ2n) is 6.80. The molecule has 0 aliphatic rings. The number of aryl methyl sites for hydroxylation is 2. The predicted molar refractivity (Wildman–Crippen MR) is 107 cm³/mol. The van der Waals surface area contributed by atoms with Gasteiger partial charge in [-0.15, -0.1) is 0 Å². The lowest BCUT2D eigenvalue weighted by molar-refractivity contribution is -0.121. The highest BCUT2D eigenvalue weighted by molar-refractivity contribution is 5.95. The first kappa shape index (κ1) is 20.4. The van der Waals surface area contributed by atoms with Crippen molar-refractivity contribution in [2.75, 3.05) is 13.1 Å². The smallest absolute Gasteiger partial charge is 0.257 e. The Bertz CT molecular complexity index is 932. The van der Waals surface area contributed by atoms with Gasteiger partial charge in [0.15, 0.2) is 0 Å². The van der Waals surface area contributed by atoms with Crippen molar-refractivity contribution in [2.45, 2.75) is 33.2 Å². The molecular formula is C22H25N3O4. The Hall–Kier alpha value is -3.35. The largest absolute Gasteiger partial charge is 0.467 e. The summed E-state index contributed by atoms with van der Waals surface area (Å²) in [5, 5.41) is 2.88. The zero-order valence-corrected chi connectivity index (χ0v) is 16.7. The number of furan rings is 2. The second-order valence-corrected chi connectivity index (χ2v) is 6.80. The van der Waals surface area contributed by atoms with Crippen molar-refractivity contribution < 1.29 is 18.4 Å². The lowest BCUT2D eigenvalue weighted by Crippen LogP contribution is -2.35. The zero-order valence-electron chi connectivity index (χ0n) is 16.7. The van der Waals surface area contributed by atoms with Crippen LogP contribution >= 0.6 is 0 Å². The van der Waals surface area contributed by atoms with Crippen LogP contribution in [-0.2, 0) is 17.8 Å². The van der Waals surface area contributed by atoms with Gasteiger partial charge in [0.25, 0.3) is 5.91 Å². The molecule has 3 heterocycles. The fourth-order valence-corrected chi connectivity index (χ4v) is 3.06. The quantitative estimate of drug-likeness (QED) is 0.601. The Morgan fingerprint density at radius 3 is 2.69 bits per heavy atom. The monoisotopic (exact) mass is 395 g/mol. The van der Waals surface area contributed by atoms with Crippen LogP contribution in [0.15, 0.2) is 57.7 Å². The molecule has 0 saturated carbocycles. The van der Waals surface area contributed by atoms with Gasteiger partial charge in [0.05, 0.1) is 18.4 Å². The van der Waals surface area contributed by atoms with Crippen LogP contribution in [0.5, 0.6) is 0 Å². The van der Waals surface area contributed by atoms with Crippen molar-refractivity contribution >= 4 is 11.8 Å². The van der Waals surface area contributed by atoms with Gasteiger partial charge in [-0.05, 0) is 44.2 Å². The van der Waals surface area contributed by atoms with Crippen molar-refractivity contribution in [3.05, 3.63) is 77.4 Å². The number of rotatable bonds is 9. The standard InChI is InChI=1S/C22H25N3O4/c1-16-14-20(17(2)29-16)22(27)25(15-19-7-5-13-28-19)12-9-21(26)24-11-8-18-6-3-4-10-23-18/h3-7,10,13-14H,8-9,11-12,15H2,1-2H3,(H,24,26). The fraction of sp³-hybridized carbons (Fsp3) is 0.318. The summed E-state index contributed by atoms with van der Waals surface area (Å²) in [5.74, 6) is 1.61. The number of amides is 2. The van der Waals surface area contributed by atoms with Gasteiger partial charge in [-0.25, -0.2) is 0 Å². The van der Waals surface area contributed by atoms with E-state index in [1.54, 1.807) is 49.4 Å². The molecule has 0 aliphatic carbocycles. The highest BCUT2D eigenvalue weighted by Gasteiger charge is 2.22. The number of nitrogens with one attached hydrogen (secondary N) is 1. The first-order chi connectivity index (χ1) is 14.0. The van der Waals surface area contributed by atoms with Gasteiger partial charge in [0.2, 0.25) is 5.91 Å². The summed E-state index contributed by atoms with van der Waals surface area (Å²) in [4.78, 5) is 31.1. The topological polar surface area (TPSA) is 88.6 Å². The van der Waals surface area contributed by atoms with E-state index in [2.05, 4.69) is 10.3 Å². The molecule has 3 aromatic heterocycles. The van der Waals surface area contributed by atoms with Crippen LogP contribution in [0, 0.1) is 13.8 Å². The molecule has 0 fully saturated rings. The van der Waals surface area contributed by atoms with Crippen LogP contribution in [0.25, 0.3) is 0 Å². The van der Waals surface area contributed by atoms with Gasteiger partial charge in [-0.1, -0.05) is 6.07 Å². The number of carbonyl (C=O) groups is 2. The van der Waals surface area contributed by atoms with E-state index in [0.29, 0.717) is 35.8 Å². The van der Waals surface area contributed by atoms with Crippen LogP contribution < -0.4 is 5.32 Å². The van der Waals surface area contributed by atoms with Gasteiger partial charge in [-0.2, -0.15) is 0 Å². The predicted octanol–water partition coefficient (Wildman–Crippen LogP) is 3.28. The molecule has 0 bridgehead atoms. The maximum Gasteiger partial charge on any atom is 0.257 e. The van der Waals surface area contributed by atoms with Crippen molar-refractivity contribution in [1.82, 2.24) is 15.2 Å². The SMILES string of the molecule is Cc1cc(C(=O)N(CCC(=O)NCCc2ccccn2)Cc2ccco2)c(C)o1. The lowest BCUT2D eigenvalue weighted by atomic mass is 10.2. The highest BCUT2D eigenvalue weighted by Crippen LogP contribution is 2.18. The summed E-state index contributed by atoms with van der Waals surface area (Å²) < 4.78 is 10.9. The molecule has 0 aliphatic heterocycles. The molecular weight excluding hydrogens is 370 g/mol. The molecule has 7 heteroatoms. The molecule has 29 heavy (non-hydrogen) atoms. The van der Waals surface area contributed by atoms with Crippen LogP contribution in [0.2, 0.25) is 0 Å². The molecule has 2 amide bonds. The maximum absolute atomic E-state index is 13.0. The number of aromatic nitrogens is 1. The van der Waals surface area contributed by atoms with Gasteiger partial charge < -0.3 is 19.1 Å². The molecule has 7 nitrogen and oxygen atoms in total. The maximum atomic E-state index is 13.0. The summed E-state index contributed by atoms with van der Waals surface area (Å²) in [6, 6.07) is 11.0. The molecule has 0 saturated heterocycles. The number of hydrogen-bond donors (Lipinski definition) is 1. The second kappa shape index (κ2) is 9.73. The van der Waals surface area contributed by atoms with E-state index in [1.165, 1.54) is 0 Å². The minimum atomic E-state index is -0.183. The summed E-state index contributed by atoms with van der Waals surface area (Å²) in [6.07, 6.45) is 4.16. The van der Waals surface area contributed by atoms with E-state index in [1.807, 2.05) is 18.2 Å². The first-order valence-electron chi connectivity index (χ1n) is 9.58. The van der Waals surface area contributed by atoms with E-state index < -0.39 is 0 Å². The molecule has 0 atom stereocenters. The summed E-state index contributed by atoms with van der Waals surface area (Å²) in [6.45, 7) is 4.63. The molecule has 3 rings (SSSR count). The Morgan fingerprint density at radius 2 is 2.03 bits per heavy atom. The van der Waals surface area contributed by atoms with Crippen molar-refractivity contribution in [1.29, 1.82) is 0 Å². The molecule has 0 unspecified atom stereocenters. The molecule has 0 spiro atoms. The number of hydrogen-bond acceptors (Lipinski definition) is 5. The Morgan fingerprint density at radius 1 is 1.17 bits per heavy atom. The molecule has 3 aromatic rings. The summed E-state index contributed by atoms with van der Waals surface area (Å²) >= 11 is 0. The van der Waals surface area contributed by atoms with Crippen LogP contribution in [0.1, 0.15) is 39.8 Å². The zero-order chi connectivity index (χ0) is 20.6. The van der Waals surface area contributed by atoms with Crippen molar-refractivity contribution in [3.63, 3.8) is 0 Å². The normalized spacial score (nSPS) is 10.7. The third kappa shape index (κ3) is 5.81. The van der Waals surface area contributed by atoms with Gasteiger partial charge >= 0.3 is 0 Å². The Balaban J connectivity index is 1.57. The fourth-order valence-electron chi connectivity index (χ4n) is 3.06. The minimum Gasteiger partial charge on any atom is -0.467 e. The van der Waals surface area contributed by atoms with E-state index in [9.17, 15) is 9.59 Å². The number of carbonyl (C=O) groups excluding carboxylic acids is 2. The highest BCUT2D eigenvalue weighted by atomic mass is 16.3. The molecule has 0 radical (unpaired) electrons. The van der Waals surface area contributed by atoms with Crippen molar-refractivity contribution in [3.8, 4) is 0 Å². The van der Waals surface area contributed by atoms with Crippen LogP contribution in [0.3, 0.4) is 0 Å². The third-order valence-electron chi connectivity index (χ3n) is 4.52. The Kier molecular flexibility index (Phi) is 6.84. The number of nitrogens with zero attached hydrogens (tertiary/aromatic N) is 2. The molecule has 152 valence electrons. The molecule has 1 N–H and O–H groups in total. The molecule has 0 aromatic carbocycles. The van der Waals surface area contributed by atoms with E-state index in [-0.39, 0.29) is 31.3 Å². The summed E-state index contributed by atoms with van der Waals surface area (Å²) in [7, 11) is 0. The average molecular weight is 395 g/mol. The van der Waals surface area contributed by atoms with Crippen molar-refractivity contribution in [2.24, 2.45) is 0 Å². The first-order valence-corrected chi connectivity index (χ1v) is 9.58.